The van der Waals surface area contributed by atoms with Gasteiger partial charge in [0, 0.05) is 30.7 Å². The van der Waals surface area contributed by atoms with E-state index < -0.39 is 10.6 Å². The van der Waals surface area contributed by atoms with E-state index >= 15 is 0 Å². The number of benzene rings is 1. The fourth-order valence-corrected chi connectivity index (χ4v) is 3.99. The lowest BCUT2D eigenvalue weighted by atomic mass is 9.94. The van der Waals surface area contributed by atoms with Crippen LogP contribution in [-0.2, 0) is 27.8 Å². The molecule has 134 valence electrons. The molecule has 26 heavy (non-hydrogen) atoms. The fourth-order valence-electron chi connectivity index (χ4n) is 3.44. The zero-order valence-electron chi connectivity index (χ0n) is 14.4. The first kappa shape index (κ1) is 16.9. The maximum atomic E-state index is 11.2. The van der Waals surface area contributed by atoms with Crippen molar-refractivity contribution in [1.29, 1.82) is 4.78 Å². The highest BCUT2D eigenvalue weighted by molar-refractivity contribution is 7.73. The van der Waals surface area contributed by atoms with E-state index in [1.165, 1.54) is 11.1 Å². The summed E-state index contributed by atoms with van der Waals surface area (Å²) in [4.78, 5) is 10.8. The molecule has 0 radical (unpaired) electrons. The third kappa shape index (κ3) is 3.27. The number of nitrogens with zero attached hydrogens (tertiary/aromatic N) is 3. The van der Waals surface area contributed by atoms with Crippen molar-refractivity contribution in [2.75, 3.05) is 19.5 Å². The minimum atomic E-state index is -1.56. The molecule has 0 fully saturated rings. The largest absolute Gasteiger partial charge is 0.481 e. The van der Waals surface area contributed by atoms with Gasteiger partial charge in [0.15, 0.2) is 5.65 Å². The van der Waals surface area contributed by atoms with Crippen LogP contribution in [0.5, 0.6) is 5.88 Å². The Balaban J connectivity index is 1.74. The van der Waals surface area contributed by atoms with Crippen molar-refractivity contribution in [3.8, 4) is 17.0 Å². The first-order valence-corrected chi connectivity index (χ1v) is 9.70. The van der Waals surface area contributed by atoms with Crippen LogP contribution in [0.1, 0.15) is 11.1 Å². The quantitative estimate of drug-likeness (QED) is 0.716. The molecule has 7 heteroatoms. The molecular weight excluding hydrogens is 348 g/mol. The summed E-state index contributed by atoms with van der Waals surface area (Å²) in [6.45, 7) is 1.57. The van der Waals surface area contributed by atoms with Gasteiger partial charge in [0.2, 0.25) is 5.88 Å². The molecular formula is C19H19N4O2S-. The second kappa shape index (κ2) is 7.01. The number of fused-ring (bicyclic) bond motifs is 2. The number of pyridine rings is 2. The minimum absolute atomic E-state index is 0.297. The standard InChI is InChI=1S/C19H19N4O2S/c1-25-18-5-4-17-16(6-8-21-19(17)22-18)14-3-2-13-7-9-23(12-26(20)24)11-15(13)10-14/h2-6,8,10,20H,7,9,11-12H2,1H3/q-1. The van der Waals surface area contributed by atoms with E-state index in [4.69, 9.17) is 9.52 Å². The number of hydrogen-bond acceptors (Lipinski definition) is 7. The van der Waals surface area contributed by atoms with E-state index in [1.807, 2.05) is 18.2 Å². The highest BCUT2D eigenvalue weighted by Crippen LogP contribution is 2.31. The second-order valence-electron chi connectivity index (χ2n) is 6.34. The average molecular weight is 367 g/mol. The van der Waals surface area contributed by atoms with Gasteiger partial charge < -0.3 is 18.6 Å². The van der Waals surface area contributed by atoms with Crippen LogP contribution >= 0.6 is 0 Å². The molecule has 1 N–H and O–H groups in total. The van der Waals surface area contributed by atoms with E-state index in [9.17, 15) is 4.21 Å². The average Bonchev–Trinajstić information content (AvgIpc) is 2.66. The van der Waals surface area contributed by atoms with Gasteiger partial charge in [0.05, 0.1) is 7.11 Å². The molecule has 3 aromatic rings. The van der Waals surface area contributed by atoms with Gasteiger partial charge in [0.25, 0.3) is 0 Å². The molecule has 0 atom stereocenters. The van der Waals surface area contributed by atoms with Crippen molar-refractivity contribution in [2.45, 2.75) is 13.0 Å². The van der Waals surface area contributed by atoms with Crippen LogP contribution in [0.4, 0.5) is 0 Å². The van der Waals surface area contributed by atoms with Crippen molar-refractivity contribution >= 4 is 21.6 Å². The molecule has 2 aromatic heterocycles. The summed E-state index contributed by atoms with van der Waals surface area (Å²) >= 11 is 0. The predicted octanol–water partition coefficient (Wildman–Crippen LogP) is 3.35. The van der Waals surface area contributed by atoms with E-state index in [-0.39, 0.29) is 0 Å². The topological polar surface area (TPSA) is 79.2 Å². The summed E-state index contributed by atoms with van der Waals surface area (Å²) in [7, 11) is 0.0388. The Kier molecular flexibility index (Phi) is 4.57. The van der Waals surface area contributed by atoms with Crippen LogP contribution in [0, 0.1) is 4.78 Å². The summed E-state index contributed by atoms with van der Waals surface area (Å²) in [6.07, 6.45) is 2.68. The van der Waals surface area contributed by atoms with Crippen molar-refractivity contribution < 1.29 is 8.95 Å². The summed E-state index contributed by atoms with van der Waals surface area (Å²) < 4.78 is 23.7. The van der Waals surface area contributed by atoms with Crippen molar-refractivity contribution in [2.24, 2.45) is 0 Å². The summed E-state index contributed by atoms with van der Waals surface area (Å²) in [5, 5.41) is 0.980. The Labute approximate surface area is 153 Å². The molecule has 3 heterocycles. The van der Waals surface area contributed by atoms with Gasteiger partial charge in [-0.25, -0.2) is 4.98 Å². The molecule has 0 unspecified atom stereocenters. The maximum Gasteiger partial charge on any atom is 0.215 e. The number of rotatable bonds is 4. The molecule has 0 aliphatic carbocycles. The Morgan fingerprint density at radius 2 is 2.12 bits per heavy atom. The number of hydrogen-bond donors (Lipinski definition) is 1. The Morgan fingerprint density at radius 1 is 1.23 bits per heavy atom. The van der Waals surface area contributed by atoms with Crippen molar-refractivity contribution in [3.05, 3.63) is 53.7 Å². The van der Waals surface area contributed by atoms with Crippen LogP contribution in [0.2, 0.25) is 0 Å². The normalized spacial score (nSPS) is 14.5. The predicted molar refractivity (Wildman–Crippen MR) is 101 cm³/mol. The molecule has 0 spiro atoms. The lowest BCUT2D eigenvalue weighted by molar-refractivity contribution is 0.296. The van der Waals surface area contributed by atoms with Gasteiger partial charge in [-0.1, -0.05) is 12.1 Å². The fraction of sp³-hybridized carbons (Fsp3) is 0.263. The zero-order chi connectivity index (χ0) is 18.1. The molecule has 1 aromatic carbocycles. The number of nitrogens with one attached hydrogen (secondary N) is 1. The van der Waals surface area contributed by atoms with Gasteiger partial charge in [-0.2, -0.15) is 15.6 Å². The molecule has 0 saturated heterocycles. The van der Waals surface area contributed by atoms with Gasteiger partial charge >= 0.3 is 0 Å². The molecule has 1 aliphatic rings. The molecule has 4 rings (SSSR count). The number of methoxy groups -OCH3 is 1. The monoisotopic (exact) mass is 367 g/mol. The SMILES string of the molecule is COc1ccc2c(-c3ccc4c(c3)CN(C[S-](=N)=O)CC4)ccnc2n1. The minimum Gasteiger partial charge on any atom is -0.481 e. The molecule has 6 nitrogen and oxygen atoms in total. The third-order valence-corrected chi connectivity index (χ3v) is 5.29. The highest BCUT2D eigenvalue weighted by Gasteiger charge is 2.16. The van der Waals surface area contributed by atoms with Gasteiger partial charge in [0.1, 0.15) is 0 Å². The number of aromatic nitrogens is 2. The molecule has 0 saturated carbocycles. The molecule has 0 bridgehead atoms. The van der Waals surface area contributed by atoms with E-state index in [1.54, 1.807) is 13.3 Å². The van der Waals surface area contributed by atoms with Crippen LogP contribution < -0.4 is 4.74 Å². The molecule has 1 aliphatic heterocycles. The highest BCUT2D eigenvalue weighted by atomic mass is 32.2. The van der Waals surface area contributed by atoms with Crippen molar-refractivity contribution in [3.63, 3.8) is 0 Å². The maximum absolute atomic E-state index is 11.2. The van der Waals surface area contributed by atoms with Crippen LogP contribution in [0.15, 0.2) is 42.6 Å². The van der Waals surface area contributed by atoms with Gasteiger partial charge in [-0.15, -0.1) is 0 Å². The van der Waals surface area contributed by atoms with Crippen LogP contribution in [0.3, 0.4) is 0 Å². The lowest BCUT2D eigenvalue weighted by Crippen LogP contribution is -2.31. The summed E-state index contributed by atoms with van der Waals surface area (Å²) in [5.41, 5.74) is 5.39. The summed E-state index contributed by atoms with van der Waals surface area (Å²) in [5.74, 6) is 0.845. The van der Waals surface area contributed by atoms with Crippen molar-refractivity contribution in [1.82, 2.24) is 14.9 Å². The lowest BCUT2D eigenvalue weighted by Gasteiger charge is -2.30. The second-order valence-corrected chi connectivity index (χ2v) is 7.29. The Bertz CT molecular complexity index is 1040. The number of ether oxygens (including phenoxy) is 1. The van der Waals surface area contributed by atoms with Gasteiger partial charge in [-0.3, -0.25) is 0 Å². The Morgan fingerprint density at radius 3 is 2.92 bits per heavy atom. The van der Waals surface area contributed by atoms with Crippen LogP contribution in [-0.4, -0.2) is 34.4 Å². The van der Waals surface area contributed by atoms with Crippen LogP contribution in [0.25, 0.3) is 22.2 Å². The van der Waals surface area contributed by atoms with E-state index in [0.717, 1.165) is 36.0 Å². The first-order valence-electron chi connectivity index (χ1n) is 8.38. The van der Waals surface area contributed by atoms with Gasteiger partial charge in [-0.05, 0) is 52.8 Å². The third-order valence-electron chi connectivity index (χ3n) is 4.70. The van der Waals surface area contributed by atoms with E-state index in [0.29, 0.717) is 17.4 Å². The first-order chi connectivity index (χ1) is 12.6. The Hall–Kier alpha value is -2.51. The smallest absolute Gasteiger partial charge is 0.215 e. The summed E-state index contributed by atoms with van der Waals surface area (Å²) in [6, 6.07) is 12.3. The zero-order valence-corrected chi connectivity index (χ0v) is 15.3. The van der Waals surface area contributed by atoms with E-state index in [2.05, 4.69) is 33.1 Å². The molecule has 0 amide bonds.